The van der Waals surface area contributed by atoms with Crippen LogP contribution in [0, 0.1) is 0 Å². The van der Waals surface area contributed by atoms with Crippen LogP contribution in [0.3, 0.4) is 0 Å². The zero-order valence-corrected chi connectivity index (χ0v) is 17.3. The van der Waals surface area contributed by atoms with Crippen LogP contribution in [-0.2, 0) is 16.6 Å². The van der Waals surface area contributed by atoms with E-state index >= 15 is 0 Å². The molecule has 3 N–H and O–H groups in total. The van der Waals surface area contributed by atoms with Crippen molar-refractivity contribution in [2.45, 2.75) is 10.8 Å². The molecule has 0 saturated heterocycles. The minimum atomic E-state index is -3.40. The number of sulfonamides is 1. The average molecular weight is 486 g/mol. The lowest BCUT2D eigenvalue weighted by Crippen LogP contribution is -2.41. The van der Waals surface area contributed by atoms with Crippen molar-refractivity contribution in [2.24, 2.45) is 4.99 Å². The predicted molar refractivity (Wildman–Crippen MR) is 107 cm³/mol. The number of nitrogens with zero attached hydrogens (tertiary/aromatic N) is 1. The van der Waals surface area contributed by atoms with Crippen molar-refractivity contribution in [3.63, 3.8) is 0 Å². The molecule has 10 heteroatoms. The van der Waals surface area contributed by atoms with Crippen molar-refractivity contribution >= 4 is 62.6 Å². The first-order valence-corrected chi connectivity index (χ1v) is 9.86. The molecule has 0 aromatic carbocycles. The van der Waals surface area contributed by atoms with Gasteiger partial charge < -0.3 is 10.6 Å². The van der Waals surface area contributed by atoms with Crippen LogP contribution in [0.2, 0.25) is 0 Å². The molecule has 2 rings (SSSR count). The average Bonchev–Trinajstić information content (AvgIpc) is 3.20. The Kier molecular flexibility index (Phi) is 9.06. The Labute approximate surface area is 161 Å². The van der Waals surface area contributed by atoms with Gasteiger partial charge in [0.15, 0.2) is 5.96 Å². The van der Waals surface area contributed by atoms with Crippen LogP contribution in [-0.4, -0.2) is 34.5 Å². The van der Waals surface area contributed by atoms with E-state index < -0.39 is 10.0 Å². The van der Waals surface area contributed by atoms with E-state index in [1.54, 1.807) is 35.9 Å². The molecule has 0 aliphatic carbocycles. The molecule has 6 nitrogen and oxygen atoms in total. The molecule has 2 heterocycles. The van der Waals surface area contributed by atoms with Crippen LogP contribution >= 0.6 is 46.7 Å². The second kappa shape index (κ2) is 10.2. The molecule has 0 atom stereocenters. The third-order valence-corrected chi connectivity index (χ3v) is 6.44. The number of hydrogen-bond donors (Lipinski definition) is 3. The summed E-state index contributed by atoms with van der Waals surface area (Å²) in [7, 11) is -1.72. The Bertz CT molecular complexity index is 685. The maximum absolute atomic E-state index is 11.9. The molecule has 0 unspecified atom stereocenters. The summed E-state index contributed by atoms with van der Waals surface area (Å²) in [6.07, 6.45) is 0. The minimum absolute atomic E-state index is 0. The highest BCUT2D eigenvalue weighted by Crippen LogP contribution is 2.14. The van der Waals surface area contributed by atoms with Crippen molar-refractivity contribution in [1.29, 1.82) is 0 Å². The van der Waals surface area contributed by atoms with Gasteiger partial charge in [-0.25, -0.2) is 13.1 Å². The van der Waals surface area contributed by atoms with E-state index in [2.05, 4.69) is 20.3 Å². The van der Waals surface area contributed by atoms with E-state index in [0.29, 0.717) is 29.8 Å². The topological polar surface area (TPSA) is 82.6 Å². The van der Waals surface area contributed by atoms with Crippen molar-refractivity contribution in [3.05, 3.63) is 39.9 Å². The number of halogens is 1. The number of thiophene rings is 2. The van der Waals surface area contributed by atoms with Crippen molar-refractivity contribution in [2.75, 3.05) is 20.1 Å². The Morgan fingerprint density at radius 3 is 2.48 bits per heavy atom. The first-order chi connectivity index (χ1) is 10.6. The zero-order chi connectivity index (χ0) is 15.8. The maximum atomic E-state index is 11.9. The van der Waals surface area contributed by atoms with E-state index in [9.17, 15) is 8.42 Å². The lowest BCUT2D eigenvalue weighted by molar-refractivity contribution is 0.582. The number of guanidine groups is 1. The third-order valence-electron chi connectivity index (χ3n) is 2.70. The second-order valence-corrected chi connectivity index (χ2v) is 8.24. The van der Waals surface area contributed by atoms with E-state index in [0.717, 1.165) is 0 Å². The SMILES string of the molecule is CN=C(NCCNS(=O)(=O)c1cccs1)NCc1cccs1.I. The molecule has 2 aromatic rings. The zero-order valence-electron chi connectivity index (χ0n) is 12.5. The molecule has 0 aliphatic rings. The van der Waals surface area contributed by atoms with Gasteiger partial charge in [-0.15, -0.1) is 46.7 Å². The Hall–Kier alpha value is -0.690. The van der Waals surface area contributed by atoms with E-state index in [1.807, 2.05) is 17.5 Å². The van der Waals surface area contributed by atoms with Gasteiger partial charge in [0.1, 0.15) is 4.21 Å². The van der Waals surface area contributed by atoms with Crippen LogP contribution in [0.5, 0.6) is 0 Å². The summed E-state index contributed by atoms with van der Waals surface area (Å²) >= 11 is 2.87. The van der Waals surface area contributed by atoms with Gasteiger partial charge in [-0.3, -0.25) is 4.99 Å². The van der Waals surface area contributed by atoms with Gasteiger partial charge in [-0.1, -0.05) is 12.1 Å². The summed E-state index contributed by atoms with van der Waals surface area (Å²) in [4.78, 5) is 5.30. The summed E-state index contributed by atoms with van der Waals surface area (Å²) in [6, 6.07) is 7.34. The van der Waals surface area contributed by atoms with Gasteiger partial charge in [-0.05, 0) is 22.9 Å². The van der Waals surface area contributed by atoms with Crippen LogP contribution in [0.1, 0.15) is 4.88 Å². The molecular formula is C13H19IN4O2S3. The summed E-state index contributed by atoms with van der Waals surface area (Å²) in [6.45, 7) is 1.44. The van der Waals surface area contributed by atoms with Gasteiger partial charge in [-0.2, -0.15) is 0 Å². The first kappa shape index (κ1) is 20.4. The molecule has 23 heavy (non-hydrogen) atoms. The molecule has 0 aliphatic heterocycles. The molecule has 0 spiro atoms. The summed E-state index contributed by atoms with van der Waals surface area (Å²) in [5.74, 6) is 0.642. The fourth-order valence-corrected chi connectivity index (χ4v) is 4.37. The highest BCUT2D eigenvalue weighted by molar-refractivity contribution is 14.0. The van der Waals surface area contributed by atoms with Gasteiger partial charge in [0.05, 0.1) is 6.54 Å². The predicted octanol–water partition coefficient (Wildman–Crippen LogP) is 2.07. The Morgan fingerprint density at radius 2 is 1.87 bits per heavy atom. The maximum Gasteiger partial charge on any atom is 0.250 e. The van der Waals surface area contributed by atoms with E-state index in [1.165, 1.54) is 16.2 Å². The van der Waals surface area contributed by atoms with E-state index in [-0.39, 0.29) is 24.0 Å². The largest absolute Gasteiger partial charge is 0.355 e. The van der Waals surface area contributed by atoms with Crippen LogP contribution in [0.15, 0.2) is 44.2 Å². The second-order valence-electron chi connectivity index (χ2n) is 4.26. The fourth-order valence-electron chi connectivity index (χ4n) is 1.66. The summed E-state index contributed by atoms with van der Waals surface area (Å²) in [5.41, 5.74) is 0. The molecule has 0 fully saturated rings. The lowest BCUT2D eigenvalue weighted by atomic mass is 10.5. The van der Waals surface area contributed by atoms with Gasteiger partial charge in [0, 0.05) is 25.0 Å². The van der Waals surface area contributed by atoms with Gasteiger partial charge >= 0.3 is 0 Å². The highest BCUT2D eigenvalue weighted by atomic mass is 127. The minimum Gasteiger partial charge on any atom is -0.355 e. The third kappa shape index (κ3) is 6.75. The smallest absolute Gasteiger partial charge is 0.250 e. The summed E-state index contributed by atoms with van der Waals surface area (Å²) in [5, 5.41) is 10.0. The monoisotopic (exact) mass is 486 g/mol. The number of nitrogens with one attached hydrogen (secondary N) is 3. The lowest BCUT2D eigenvalue weighted by Gasteiger charge is -2.11. The van der Waals surface area contributed by atoms with Gasteiger partial charge in [0.25, 0.3) is 0 Å². The number of hydrogen-bond acceptors (Lipinski definition) is 5. The van der Waals surface area contributed by atoms with Gasteiger partial charge in [0.2, 0.25) is 10.0 Å². The van der Waals surface area contributed by atoms with Crippen molar-refractivity contribution in [3.8, 4) is 0 Å². The fraction of sp³-hybridized carbons (Fsp3) is 0.308. The first-order valence-electron chi connectivity index (χ1n) is 6.62. The molecular weight excluding hydrogens is 467 g/mol. The standard InChI is InChI=1S/C13H18N4O2S3.HI/c1-14-13(16-10-11-4-2-8-20-11)15-6-7-17-22(18,19)12-5-3-9-21-12;/h2-5,8-9,17H,6-7,10H2,1H3,(H2,14,15,16);1H. The Balaban J connectivity index is 0.00000264. The highest BCUT2D eigenvalue weighted by Gasteiger charge is 2.13. The van der Waals surface area contributed by atoms with Crippen LogP contribution < -0.4 is 15.4 Å². The van der Waals surface area contributed by atoms with Crippen LogP contribution in [0.25, 0.3) is 0 Å². The molecule has 2 aromatic heterocycles. The number of rotatable bonds is 7. The van der Waals surface area contributed by atoms with Crippen LogP contribution in [0.4, 0.5) is 0 Å². The molecule has 0 radical (unpaired) electrons. The normalized spacial score (nSPS) is 11.8. The number of aliphatic imine (C=N–C) groups is 1. The quantitative estimate of drug-likeness (QED) is 0.242. The van der Waals surface area contributed by atoms with Crippen molar-refractivity contribution < 1.29 is 8.42 Å². The molecule has 0 bridgehead atoms. The Morgan fingerprint density at radius 1 is 1.13 bits per heavy atom. The van der Waals surface area contributed by atoms with Crippen molar-refractivity contribution in [1.82, 2.24) is 15.4 Å². The molecule has 128 valence electrons. The summed E-state index contributed by atoms with van der Waals surface area (Å²) < 4.78 is 26.7. The molecule has 0 saturated carbocycles. The van der Waals surface area contributed by atoms with E-state index in [4.69, 9.17) is 0 Å². The molecule has 0 amide bonds.